The van der Waals surface area contributed by atoms with Crippen LogP contribution in [0, 0.1) is 6.92 Å². The lowest BCUT2D eigenvalue weighted by molar-refractivity contribution is 0.282. The van der Waals surface area contributed by atoms with E-state index in [1.54, 1.807) is 12.4 Å². The summed E-state index contributed by atoms with van der Waals surface area (Å²) in [5, 5.41) is 9.06. The van der Waals surface area contributed by atoms with E-state index in [-0.39, 0.29) is 6.61 Å². The number of hydrogen-bond donors (Lipinski definition) is 2. The van der Waals surface area contributed by atoms with E-state index < -0.39 is 0 Å². The monoisotopic (exact) mass is 203 g/mol. The smallest absolute Gasteiger partial charge is 0.0995 e. The normalized spacial score (nSPS) is 10.5. The first kappa shape index (κ1) is 9.73. The van der Waals surface area contributed by atoms with Gasteiger partial charge in [0.2, 0.25) is 0 Å². The Morgan fingerprint density at radius 2 is 2.20 bits per heavy atom. The molecule has 4 nitrogen and oxygen atoms in total. The third-order valence-electron chi connectivity index (χ3n) is 2.19. The van der Waals surface area contributed by atoms with Gasteiger partial charge in [0.1, 0.15) is 0 Å². The van der Waals surface area contributed by atoms with Gasteiger partial charge in [-0.3, -0.25) is 0 Å². The van der Waals surface area contributed by atoms with E-state index in [4.69, 9.17) is 10.8 Å². The fourth-order valence-electron chi connectivity index (χ4n) is 1.50. The van der Waals surface area contributed by atoms with Crippen LogP contribution in [0.1, 0.15) is 11.3 Å². The largest absolute Gasteiger partial charge is 0.399 e. The van der Waals surface area contributed by atoms with Gasteiger partial charge in [-0.1, -0.05) is 0 Å². The van der Waals surface area contributed by atoms with Crippen LogP contribution in [0.2, 0.25) is 0 Å². The highest BCUT2D eigenvalue weighted by molar-refractivity contribution is 5.51. The second-order valence-corrected chi connectivity index (χ2v) is 3.51. The lowest BCUT2D eigenvalue weighted by atomic mass is 10.2. The third-order valence-corrected chi connectivity index (χ3v) is 2.19. The molecule has 0 saturated carbocycles. The number of imidazole rings is 1. The van der Waals surface area contributed by atoms with Crippen LogP contribution in [0.3, 0.4) is 0 Å². The Hall–Kier alpha value is -1.81. The number of aromatic nitrogens is 2. The maximum Gasteiger partial charge on any atom is 0.0995 e. The zero-order valence-electron chi connectivity index (χ0n) is 8.51. The Morgan fingerprint density at radius 3 is 2.80 bits per heavy atom. The molecule has 0 aliphatic rings. The van der Waals surface area contributed by atoms with Crippen LogP contribution in [0.15, 0.2) is 30.7 Å². The average molecular weight is 203 g/mol. The summed E-state index contributed by atoms with van der Waals surface area (Å²) in [6.07, 6.45) is 3.64. The average Bonchev–Trinajstić information content (AvgIpc) is 2.64. The van der Waals surface area contributed by atoms with Gasteiger partial charge in [0.15, 0.2) is 0 Å². The Bertz CT molecular complexity index is 476. The second kappa shape index (κ2) is 3.74. The summed E-state index contributed by atoms with van der Waals surface area (Å²) in [7, 11) is 0. The zero-order valence-corrected chi connectivity index (χ0v) is 8.51. The molecule has 0 bridgehead atoms. The van der Waals surface area contributed by atoms with Gasteiger partial charge in [0.05, 0.1) is 18.6 Å². The molecule has 0 fully saturated rings. The van der Waals surface area contributed by atoms with E-state index in [0.29, 0.717) is 5.69 Å². The van der Waals surface area contributed by atoms with Crippen LogP contribution in [0.5, 0.6) is 0 Å². The predicted molar refractivity (Wildman–Crippen MR) is 58.6 cm³/mol. The molecule has 2 rings (SSSR count). The first-order chi connectivity index (χ1) is 7.19. The molecule has 0 spiro atoms. The van der Waals surface area contributed by atoms with E-state index in [0.717, 1.165) is 16.9 Å². The van der Waals surface area contributed by atoms with Crippen molar-refractivity contribution in [2.45, 2.75) is 13.5 Å². The maximum atomic E-state index is 9.06. The zero-order chi connectivity index (χ0) is 10.8. The van der Waals surface area contributed by atoms with Crippen LogP contribution in [-0.2, 0) is 6.61 Å². The lowest BCUT2D eigenvalue weighted by Crippen LogP contribution is -1.96. The van der Waals surface area contributed by atoms with E-state index in [1.165, 1.54) is 0 Å². The van der Waals surface area contributed by atoms with Crippen molar-refractivity contribution in [2.75, 3.05) is 5.73 Å². The van der Waals surface area contributed by atoms with Crippen molar-refractivity contribution in [2.24, 2.45) is 0 Å². The summed E-state index contributed by atoms with van der Waals surface area (Å²) >= 11 is 0. The summed E-state index contributed by atoms with van der Waals surface area (Å²) in [6.45, 7) is 1.92. The number of rotatable bonds is 2. The highest BCUT2D eigenvalue weighted by Crippen LogP contribution is 2.16. The summed E-state index contributed by atoms with van der Waals surface area (Å²) in [5.74, 6) is 0. The van der Waals surface area contributed by atoms with Gasteiger partial charge in [0.25, 0.3) is 0 Å². The molecular formula is C11H13N3O. The van der Waals surface area contributed by atoms with Crippen molar-refractivity contribution in [1.82, 2.24) is 9.55 Å². The lowest BCUT2D eigenvalue weighted by Gasteiger charge is -2.06. The van der Waals surface area contributed by atoms with Crippen molar-refractivity contribution < 1.29 is 5.11 Å². The molecule has 2 aromatic rings. The summed E-state index contributed by atoms with van der Waals surface area (Å²) in [5.41, 5.74) is 9.04. The van der Waals surface area contributed by atoms with Crippen molar-refractivity contribution >= 4 is 5.69 Å². The molecule has 3 N–H and O–H groups in total. The number of anilines is 1. The molecule has 0 saturated heterocycles. The predicted octanol–water partition coefficient (Wildman–Crippen LogP) is 1.26. The Labute approximate surface area is 88.0 Å². The Kier molecular flexibility index (Phi) is 2.43. The van der Waals surface area contributed by atoms with E-state index in [9.17, 15) is 0 Å². The molecule has 78 valence electrons. The number of benzene rings is 1. The van der Waals surface area contributed by atoms with E-state index >= 15 is 0 Å². The number of aryl methyl sites for hydroxylation is 1. The molecule has 0 unspecified atom stereocenters. The van der Waals surface area contributed by atoms with Crippen LogP contribution in [-0.4, -0.2) is 14.7 Å². The molecular weight excluding hydrogens is 190 g/mol. The SMILES string of the molecule is Cc1cn(-c2cc(N)cc(CO)c2)cn1. The fourth-order valence-corrected chi connectivity index (χ4v) is 1.50. The van der Waals surface area contributed by atoms with Gasteiger partial charge in [-0.2, -0.15) is 0 Å². The van der Waals surface area contributed by atoms with Gasteiger partial charge >= 0.3 is 0 Å². The van der Waals surface area contributed by atoms with Crippen molar-refractivity contribution in [3.63, 3.8) is 0 Å². The number of aliphatic hydroxyl groups is 1. The first-order valence-electron chi connectivity index (χ1n) is 4.70. The minimum atomic E-state index is -0.00821. The van der Waals surface area contributed by atoms with E-state index in [2.05, 4.69) is 4.98 Å². The van der Waals surface area contributed by atoms with Gasteiger partial charge in [-0.15, -0.1) is 0 Å². The summed E-state index contributed by atoms with van der Waals surface area (Å²) < 4.78 is 1.88. The van der Waals surface area contributed by atoms with Gasteiger partial charge in [-0.25, -0.2) is 4.98 Å². The minimum absolute atomic E-state index is 0.00821. The maximum absolute atomic E-state index is 9.06. The number of hydrogen-bond acceptors (Lipinski definition) is 3. The van der Waals surface area contributed by atoms with Crippen molar-refractivity contribution in [1.29, 1.82) is 0 Å². The van der Waals surface area contributed by atoms with Crippen molar-refractivity contribution in [3.05, 3.63) is 42.0 Å². The van der Waals surface area contributed by atoms with Crippen LogP contribution in [0.25, 0.3) is 5.69 Å². The highest BCUT2D eigenvalue weighted by atomic mass is 16.3. The molecule has 1 heterocycles. The van der Waals surface area contributed by atoms with Crippen LogP contribution < -0.4 is 5.73 Å². The fraction of sp³-hybridized carbons (Fsp3) is 0.182. The summed E-state index contributed by atoms with van der Waals surface area (Å²) in [6, 6.07) is 5.49. The topological polar surface area (TPSA) is 64.1 Å². The number of nitrogens with two attached hydrogens (primary N) is 1. The molecule has 15 heavy (non-hydrogen) atoms. The molecule has 0 aliphatic heterocycles. The number of nitrogens with zero attached hydrogens (tertiary/aromatic N) is 2. The quantitative estimate of drug-likeness (QED) is 0.722. The number of nitrogen functional groups attached to an aromatic ring is 1. The van der Waals surface area contributed by atoms with Gasteiger partial charge in [-0.05, 0) is 30.7 Å². The molecule has 1 aromatic carbocycles. The highest BCUT2D eigenvalue weighted by Gasteiger charge is 2.01. The first-order valence-corrected chi connectivity index (χ1v) is 4.70. The third kappa shape index (κ3) is 1.99. The van der Waals surface area contributed by atoms with Gasteiger partial charge < -0.3 is 15.4 Å². The minimum Gasteiger partial charge on any atom is -0.399 e. The molecule has 1 aromatic heterocycles. The van der Waals surface area contributed by atoms with E-state index in [1.807, 2.05) is 29.8 Å². The summed E-state index contributed by atoms with van der Waals surface area (Å²) in [4.78, 5) is 4.14. The van der Waals surface area contributed by atoms with Crippen LogP contribution in [0.4, 0.5) is 5.69 Å². The number of aliphatic hydroxyl groups excluding tert-OH is 1. The van der Waals surface area contributed by atoms with Gasteiger partial charge in [0, 0.05) is 17.6 Å². The molecule has 0 atom stereocenters. The van der Waals surface area contributed by atoms with Crippen LogP contribution >= 0.6 is 0 Å². The van der Waals surface area contributed by atoms with Crippen molar-refractivity contribution in [3.8, 4) is 5.69 Å². The second-order valence-electron chi connectivity index (χ2n) is 3.51. The molecule has 0 aliphatic carbocycles. The molecule has 4 heteroatoms. The standard InChI is InChI=1S/C11H13N3O/c1-8-5-14(7-13-8)11-3-9(6-15)2-10(12)4-11/h2-5,7,15H,6,12H2,1H3. The Balaban J connectivity index is 2.48. The molecule has 0 amide bonds. The Morgan fingerprint density at radius 1 is 1.40 bits per heavy atom. The molecule has 0 radical (unpaired) electrons.